The molecule has 4 rings (SSSR count). The number of carbonyl (C=O) groups is 1. The van der Waals surface area contributed by atoms with E-state index in [9.17, 15) is 9.18 Å². The topological polar surface area (TPSA) is 71.3 Å². The third kappa shape index (κ3) is 4.34. The summed E-state index contributed by atoms with van der Waals surface area (Å²) in [5.41, 5.74) is 2.65. The fraction of sp³-hybridized carbons (Fsp3) is 0.150. The van der Waals surface area contributed by atoms with Crippen molar-refractivity contribution in [1.82, 2.24) is 19.9 Å². The highest BCUT2D eigenvalue weighted by Gasteiger charge is 2.10. The van der Waals surface area contributed by atoms with Crippen molar-refractivity contribution in [3.8, 4) is 11.3 Å². The second-order valence-electron chi connectivity index (χ2n) is 6.21. The normalized spacial score (nSPS) is 10.9. The zero-order valence-corrected chi connectivity index (χ0v) is 15.7. The van der Waals surface area contributed by atoms with Gasteiger partial charge in [-0.25, -0.2) is 13.9 Å². The molecule has 28 heavy (non-hydrogen) atoms. The highest BCUT2D eigenvalue weighted by atomic mass is 32.1. The van der Waals surface area contributed by atoms with Crippen LogP contribution in [-0.4, -0.2) is 27.0 Å². The number of halogens is 1. The molecule has 0 radical (unpaired) electrons. The molecule has 0 aliphatic heterocycles. The van der Waals surface area contributed by atoms with Crippen molar-refractivity contribution in [3.05, 3.63) is 72.2 Å². The maximum absolute atomic E-state index is 13.0. The van der Waals surface area contributed by atoms with E-state index in [0.29, 0.717) is 24.6 Å². The van der Waals surface area contributed by atoms with Gasteiger partial charge in [0.2, 0.25) is 16.0 Å². The highest BCUT2D eigenvalue weighted by molar-refractivity contribution is 7.20. The summed E-state index contributed by atoms with van der Waals surface area (Å²) in [4.78, 5) is 17.2. The Balaban J connectivity index is 1.28. The number of benzene rings is 2. The number of fused-ring (bicyclic) bond motifs is 1. The summed E-state index contributed by atoms with van der Waals surface area (Å²) in [7, 11) is 0. The highest BCUT2D eigenvalue weighted by Crippen LogP contribution is 2.24. The minimum atomic E-state index is -0.276. The quantitative estimate of drug-likeness (QED) is 0.500. The van der Waals surface area contributed by atoms with Crippen molar-refractivity contribution in [3.63, 3.8) is 0 Å². The Morgan fingerprint density at radius 1 is 1.11 bits per heavy atom. The number of imidazole rings is 1. The number of aromatic nitrogens is 3. The van der Waals surface area contributed by atoms with E-state index in [1.807, 2.05) is 30.3 Å². The van der Waals surface area contributed by atoms with Crippen molar-refractivity contribution < 1.29 is 9.18 Å². The molecular weight excluding hydrogens is 377 g/mol. The van der Waals surface area contributed by atoms with Crippen molar-refractivity contribution in [2.45, 2.75) is 13.0 Å². The van der Waals surface area contributed by atoms with Gasteiger partial charge in [0.25, 0.3) is 0 Å². The molecule has 0 unspecified atom stereocenters. The maximum atomic E-state index is 13.0. The molecule has 2 N–H and O–H groups in total. The maximum Gasteiger partial charge on any atom is 0.222 e. The molecule has 0 bridgehead atoms. The Labute approximate surface area is 165 Å². The molecule has 4 aromatic rings. The van der Waals surface area contributed by atoms with Gasteiger partial charge in [0.15, 0.2) is 0 Å². The van der Waals surface area contributed by atoms with Gasteiger partial charge < -0.3 is 10.6 Å². The molecule has 2 aromatic carbocycles. The van der Waals surface area contributed by atoms with Crippen LogP contribution in [0.1, 0.15) is 12.0 Å². The average Bonchev–Trinajstić information content (AvgIpc) is 3.26. The van der Waals surface area contributed by atoms with Crippen LogP contribution in [0.4, 0.5) is 9.52 Å². The van der Waals surface area contributed by atoms with E-state index >= 15 is 0 Å². The molecule has 2 aromatic heterocycles. The Hall–Kier alpha value is -3.26. The Morgan fingerprint density at radius 2 is 1.89 bits per heavy atom. The van der Waals surface area contributed by atoms with Crippen LogP contribution in [0.3, 0.4) is 0 Å². The number of nitrogens with zero attached hydrogens (tertiary/aromatic N) is 3. The van der Waals surface area contributed by atoms with E-state index in [4.69, 9.17) is 0 Å². The van der Waals surface area contributed by atoms with Crippen molar-refractivity contribution in [2.75, 3.05) is 11.9 Å². The van der Waals surface area contributed by atoms with Gasteiger partial charge in [0, 0.05) is 25.1 Å². The number of hydrogen-bond acceptors (Lipinski definition) is 5. The molecule has 0 aliphatic carbocycles. The average molecular weight is 395 g/mol. The lowest BCUT2D eigenvalue weighted by Crippen LogP contribution is -2.24. The van der Waals surface area contributed by atoms with E-state index in [-0.39, 0.29) is 11.7 Å². The summed E-state index contributed by atoms with van der Waals surface area (Å²) in [6.45, 7) is 1.01. The second-order valence-corrected chi connectivity index (χ2v) is 7.16. The first kappa shape index (κ1) is 18.1. The molecule has 8 heteroatoms. The molecule has 0 atom stereocenters. The third-order valence-corrected chi connectivity index (χ3v) is 5.02. The first-order valence-electron chi connectivity index (χ1n) is 8.84. The number of carbonyl (C=O) groups excluding carboxylic acids is 1. The fourth-order valence-electron chi connectivity index (χ4n) is 2.70. The minimum absolute atomic E-state index is 0.0173. The minimum Gasteiger partial charge on any atom is -0.360 e. The molecule has 0 aliphatic rings. The largest absolute Gasteiger partial charge is 0.360 e. The Kier molecular flexibility index (Phi) is 5.29. The smallest absolute Gasteiger partial charge is 0.222 e. The van der Waals surface area contributed by atoms with Crippen LogP contribution in [0.2, 0.25) is 0 Å². The Morgan fingerprint density at radius 3 is 2.64 bits per heavy atom. The molecule has 0 saturated heterocycles. The van der Waals surface area contributed by atoms with Crippen LogP contribution in [0.25, 0.3) is 16.2 Å². The van der Waals surface area contributed by atoms with E-state index in [0.717, 1.165) is 21.8 Å². The van der Waals surface area contributed by atoms with Gasteiger partial charge >= 0.3 is 0 Å². The summed E-state index contributed by atoms with van der Waals surface area (Å²) in [6, 6.07) is 16.0. The lowest BCUT2D eigenvalue weighted by atomic mass is 10.2. The van der Waals surface area contributed by atoms with Gasteiger partial charge in [0.05, 0.1) is 11.9 Å². The molecular formula is C20H18FN5OS. The van der Waals surface area contributed by atoms with Crippen LogP contribution in [0.5, 0.6) is 0 Å². The fourth-order valence-corrected chi connectivity index (χ4v) is 3.51. The summed E-state index contributed by atoms with van der Waals surface area (Å²) >= 11 is 1.40. The van der Waals surface area contributed by atoms with Crippen molar-refractivity contribution in [1.29, 1.82) is 0 Å². The van der Waals surface area contributed by atoms with E-state index in [1.165, 1.54) is 23.5 Å². The molecule has 0 saturated carbocycles. The second kappa shape index (κ2) is 8.18. The lowest BCUT2D eigenvalue weighted by Gasteiger charge is -2.05. The first-order valence-corrected chi connectivity index (χ1v) is 9.66. The van der Waals surface area contributed by atoms with Crippen LogP contribution >= 0.6 is 11.3 Å². The monoisotopic (exact) mass is 395 g/mol. The van der Waals surface area contributed by atoms with Gasteiger partial charge in [-0.15, -0.1) is 5.10 Å². The van der Waals surface area contributed by atoms with Crippen LogP contribution in [-0.2, 0) is 11.3 Å². The van der Waals surface area contributed by atoms with Crippen LogP contribution < -0.4 is 10.6 Å². The van der Waals surface area contributed by atoms with Gasteiger partial charge in [-0.2, -0.15) is 0 Å². The van der Waals surface area contributed by atoms with Crippen LogP contribution in [0, 0.1) is 5.82 Å². The van der Waals surface area contributed by atoms with Gasteiger partial charge in [-0.1, -0.05) is 41.7 Å². The van der Waals surface area contributed by atoms with E-state index in [1.54, 1.807) is 22.8 Å². The first-order chi connectivity index (χ1) is 13.7. The zero-order valence-electron chi connectivity index (χ0n) is 14.9. The van der Waals surface area contributed by atoms with Gasteiger partial charge in [-0.3, -0.25) is 4.79 Å². The van der Waals surface area contributed by atoms with Crippen LogP contribution in [0.15, 0.2) is 60.8 Å². The molecule has 142 valence electrons. The number of anilines is 1. The SMILES string of the molecule is O=C(CCNc1nn2cc(-c3ccc(F)cc3)nc2s1)NCc1ccccc1. The molecule has 1 amide bonds. The number of amides is 1. The number of rotatable bonds is 7. The summed E-state index contributed by atoms with van der Waals surface area (Å²) in [5.74, 6) is -0.293. The number of nitrogens with one attached hydrogen (secondary N) is 2. The predicted molar refractivity (Wildman–Crippen MR) is 108 cm³/mol. The zero-order chi connectivity index (χ0) is 19.3. The standard InChI is InChI=1S/C20H18FN5OS/c21-16-8-6-15(7-9-16)17-13-26-20(24-17)28-19(25-26)22-11-10-18(27)23-12-14-4-2-1-3-5-14/h1-9,13H,10-12H2,(H,22,25)(H,23,27). The summed E-state index contributed by atoms with van der Waals surface area (Å²) < 4.78 is 14.7. The van der Waals surface area contributed by atoms with E-state index < -0.39 is 0 Å². The third-order valence-electron chi connectivity index (χ3n) is 4.14. The summed E-state index contributed by atoms with van der Waals surface area (Å²) in [6.07, 6.45) is 2.16. The van der Waals surface area contributed by atoms with E-state index in [2.05, 4.69) is 20.7 Å². The molecule has 0 fully saturated rings. The predicted octanol–water partition coefficient (Wildman–Crippen LogP) is 3.72. The van der Waals surface area contributed by atoms with Crippen molar-refractivity contribution >= 4 is 27.3 Å². The Bertz CT molecular complexity index is 1040. The van der Waals surface area contributed by atoms with Gasteiger partial charge in [0.1, 0.15) is 5.82 Å². The lowest BCUT2D eigenvalue weighted by molar-refractivity contribution is -0.121. The summed E-state index contributed by atoms with van der Waals surface area (Å²) in [5, 5.41) is 11.2. The molecule has 6 nitrogen and oxygen atoms in total. The van der Waals surface area contributed by atoms with Gasteiger partial charge in [-0.05, 0) is 29.8 Å². The molecule has 0 spiro atoms. The van der Waals surface area contributed by atoms with Crippen molar-refractivity contribution in [2.24, 2.45) is 0 Å². The molecule has 2 heterocycles. The number of hydrogen-bond donors (Lipinski definition) is 2.